The van der Waals surface area contributed by atoms with Gasteiger partial charge < -0.3 is 10.2 Å². The smallest absolute Gasteiger partial charge is 0.321 e. The van der Waals surface area contributed by atoms with E-state index in [0.717, 1.165) is 17.7 Å². The number of nitrogens with zero attached hydrogens (tertiary/aromatic N) is 3. The first kappa shape index (κ1) is 20.8. The van der Waals surface area contributed by atoms with Crippen molar-refractivity contribution in [1.82, 2.24) is 14.2 Å². The summed E-state index contributed by atoms with van der Waals surface area (Å²) >= 11 is 0. The van der Waals surface area contributed by atoms with Crippen LogP contribution < -0.4 is 5.32 Å². The molecule has 0 unspecified atom stereocenters. The molecule has 2 saturated heterocycles. The van der Waals surface area contributed by atoms with E-state index < -0.39 is 15.3 Å². The SMILES string of the molecule is CCc1ccc(NC(=O)N2CC[C@@H]3CN(Cc4cccnc4)S(=O)(=O)[C@@H]3CC2)cc1. The first-order valence-corrected chi connectivity index (χ1v) is 12.0. The molecular weight excluding hydrogens is 400 g/mol. The number of fused-ring (bicyclic) bond motifs is 1. The van der Waals surface area contributed by atoms with Crippen LogP contribution in [-0.4, -0.2) is 53.5 Å². The Balaban J connectivity index is 1.38. The summed E-state index contributed by atoms with van der Waals surface area (Å²) < 4.78 is 27.8. The largest absolute Gasteiger partial charge is 0.324 e. The van der Waals surface area contributed by atoms with Crippen LogP contribution in [0.1, 0.15) is 30.9 Å². The molecule has 0 aliphatic carbocycles. The first-order chi connectivity index (χ1) is 14.5. The topological polar surface area (TPSA) is 82.6 Å². The van der Waals surface area contributed by atoms with Gasteiger partial charge in [0, 0.05) is 44.3 Å². The second-order valence-electron chi connectivity index (χ2n) is 8.04. The number of hydrogen-bond donors (Lipinski definition) is 1. The minimum absolute atomic E-state index is 0.0494. The van der Waals surface area contributed by atoms with Crippen LogP contribution in [0, 0.1) is 5.92 Å². The number of hydrogen-bond acceptors (Lipinski definition) is 4. The molecular formula is C22H28N4O3S. The summed E-state index contributed by atoms with van der Waals surface area (Å²) in [4.78, 5) is 18.5. The molecule has 160 valence electrons. The summed E-state index contributed by atoms with van der Waals surface area (Å²) in [6, 6.07) is 11.4. The fraction of sp³-hybridized carbons (Fsp3) is 0.455. The number of urea groups is 1. The maximum atomic E-state index is 13.1. The molecule has 1 aromatic carbocycles. The highest BCUT2D eigenvalue weighted by molar-refractivity contribution is 7.90. The number of benzene rings is 1. The summed E-state index contributed by atoms with van der Waals surface area (Å²) in [7, 11) is -3.38. The molecule has 7 nitrogen and oxygen atoms in total. The third-order valence-electron chi connectivity index (χ3n) is 6.14. The number of aromatic nitrogens is 1. The van der Waals surface area contributed by atoms with Gasteiger partial charge in [0.1, 0.15) is 0 Å². The van der Waals surface area contributed by atoms with Crippen molar-refractivity contribution in [3.8, 4) is 0 Å². The Morgan fingerprint density at radius 3 is 2.60 bits per heavy atom. The van der Waals surface area contributed by atoms with E-state index in [-0.39, 0.29) is 11.9 Å². The normalized spacial score (nSPS) is 23.6. The lowest BCUT2D eigenvalue weighted by atomic mass is 10.0. The Morgan fingerprint density at radius 2 is 1.90 bits per heavy atom. The van der Waals surface area contributed by atoms with Crippen molar-refractivity contribution in [3.63, 3.8) is 0 Å². The minimum Gasteiger partial charge on any atom is -0.324 e. The molecule has 3 heterocycles. The molecule has 0 bridgehead atoms. The Labute approximate surface area is 178 Å². The number of anilines is 1. The van der Waals surface area contributed by atoms with Gasteiger partial charge in [-0.15, -0.1) is 0 Å². The zero-order valence-electron chi connectivity index (χ0n) is 17.2. The summed E-state index contributed by atoms with van der Waals surface area (Å²) in [5.74, 6) is 0.0494. The summed E-state index contributed by atoms with van der Waals surface area (Å²) in [6.45, 7) is 3.97. The van der Waals surface area contributed by atoms with Crippen molar-refractivity contribution in [2.45, 2.75) is 38.0 Å². The molecule has 30 heavy (non-hydrogen) atoms. The number of aryl methyl sites for hydroxylation is 1. The van der Waals surface area contributed by atoms with E-state index in [9.17, 15) is 13.2 Å². The van der Waals surface area contributed by atoms with Crippen molar-refractivity contribution in [3.05, 3.63) is 59.9 Å². The number of likely N-dealkylation sites (tertiary alicyclic amines) is 1. The van der Waals surface area contributed by atoms with Gasteiger partial charge in [0.2, 0.25) is 10.0 Å². The van der Waals surface area contributed by atoms with Crippen LogP contribution in [-0.2, 0) is 23.0 Å². The molecule has 2 aliphatic rings. The highest BCUT2D eigenvalue weighted by Crippen LogP contribution is 2.35. The molecule has 2 fully saturated rings. The van der Waals surface area contributed by atoms with E-state index >= 15 is 0 Å². The van der Waals surface area contributed by atoms with Crippen LogP contribution in [0.3, 0.4) is 0 Å². The zero-order chi connectivity index (χ0) is 21.1. The Morgan fingerprint density at radius 1 is 1.13 bits per heavy atom. The van der Waals surface area contributed by atoms with Crippen LogP contribution in [0.2, 0.25) is 0 Å². The van der Waals surface area contributed by atoms with E-state index in [2.05, 4.69) is 17.2 Å². The number of amides is 2. The first-order valence-electron chi connectivity index (χ1n) is 10.5. The summed E-state index contributed by atoms with van der Waals surface area (Å²) in [5.41, 5.74) is 2.88. The van der Waals surface area contributed by atoms with Gasteiger partial charge in [-0.3, -0.25) is 4.98 Å². The van der Waals surface area contributed by atoms with E-state index in [0.29, 0.717) is 39.0 Å². The number of rotatable bonds is 4. The number of nitrogens with one attached hydrogen (secondary N) is 1. The minimum atomic E-state index is -3.38. The number of pyridine rings is 1. The van der Waals surface area contributed by atoms with Crippen LogP contribution >= 0.6 is 0 Å². The molecule has 1 aromatic heterocycles. The molecule has 4 rings (SSSR count). The van der Waals surface area contributed by atoms with Crippen molar-refractivity contribution < 1.29 is 13.2 Å². The monoisotopic (exact) mass is 428 g/mol. The maximum Gasteiger partial charge on any atom is 0.321 e. The van der Waals surface area contributed by atoms with Crippen LogP contribution in [0.25, 0.3) is 0 Å². The summed E-state index contributed by atoms with van der Waals surface area (Å²) in [6.07, 6.45) is 5.51. The fourth-order valence-corrected chi connectivity index (χ4v) is 6.60. The molecule has 8 heteroatoms. The molecule has 1 N–H and O–H groups in total. The predicted molar refractivity (Wildman–Crippen MR) is 116 cm³/mol. The van der Waals surface area contributed by atoms with Crippen LogP contribution in [0.4, 0.5) is 10.5 Å². The second-order valence-corrected chi connectivity index (χ2v) is 10.2. The predicted octanol–water partition coefficient (Wildman–Crippen LogP) is 3.10. The highest BCUT2D eigenvalue weighted by Gasteiger charge is 2.47. The molecule has 2 aliphatic heterocycles. The van der Waals surface area contributed by atoms with Gasteiger partial charge in [0.15, 0.2) is 0 Å². The molecule has 2 atom stereocenters. The average Bonchev–Trinajstić information content (AvgIpc) is 2.89. The van der Waals surface area contributed by atoms with Crippen molar-refractivity contribution in [2.75, 3.05) is 25.0 Å². The lowest BCUT2D eigenvalue weighted by Gasteiger charge is -2.22. The molecule has 0 spiro atoms. The van der Waals surface area contributed by atoms with E-state index in [4.69, 9.17) is 0 Å². The van der Waals surface area contributed by atoms with E-state index in [1.165, 1.54) is 5.56 Å². The van der Waals surface area contributed by atoms with Crippen molar-refractivity contribution in [2.24, 2.45) is 5.92 Å². The Hall–Kier alpha value is -2.45. The highest BCUT2D eigenvalue weighted by atomic mass is 32.2. The molecule has 2 aromatic rings. The third kappa shape index (κ3) is 4.34. The van der Waals surface area contributed by atoms with Gasteiger partial charge in [-0.05, 0) is 54.5 Å². The average molecular weight is 429 g/mol. The standard InChI is InChI=1S/C22H28N4O3S/c1-2-17-5-7-20(8-6-17)24-22(27)25-12-9-19-16-26(15-18-4-3-11-23-14-18)30(28,29)21(19)10-13-25/h3-8,11,14,19,21H,2,9-10,12-13,15-16H2,1H3,(H,24,27)/t19-,21-/m1/s1. The van der Waals surface area contributed by atoms with Gasteiger partial charge in [0.05, 0.1) is 5.25 Å². The van der Waals surface area contributed by atoms with Crippen LogP contribution in [0.5, 0.6) is 0 Å². The number of sulfonamides is 1. The van der Waals surface area contributed by atoms with E-state index in [1.807, 2.05) is 36.4 Å². The van der Waals surface area contributed by atoms with Crippen molar-refractivity contribution in [1.29, 1.82) is 0 Å². The maximum absolute atomic E-state index is 13.1. The Bertz CT molecular complexity index is 979. The number of carbonyl (C=O) groups is 1. The third-order valence-corrected chi connectivity index (χ3v) is 8.53. The van der Waals surface area contributed by atoms with Gasteiger partial charge in [0.25, 0.3) is 0 Å². The van der Waals surface area contributed by atoms with Gasteiger partial charge in [-0.25, -0.2) is 13.2 Å². The number of carbonyl (C=O) groups excluding carboxylic acids is 1. The van der Waals surface area contributed by atoms with Crippen LogP contribution in [0.15, 0.2) is 48.8 Å². The van der Waals surface area contributed by atoms with E-state index in [1.54, 1.807) is 21.6 Å². The van der Waals surface area contributed by atoms with Gasteiger partial charge >= 0.3 is 6.03 Å². The molecule has 2 amide bonds. The van der Waals surface area contributed by atoms with Gasteiger partial charge in [-0.2, -0.15) is 4.31 Å². The lowest BCUT2D eigenvalue weighted by Crippen LogP contribution is -2.37. The molecule has 0 saturated carbocycles. The zero-order valence-corrected chi connectivity index (χ0v) is 18.0. The quantitative estimate of drug-likeness (QED) is 0.811. The summed E-state index contributed by atoms with van der Waals surface area (Å²) in [5, 5.41) is 2.52. The van der Waals surface area contributed by atoms with Crippen molar-refractivity contribution >= 4 is 21.7 Å². The lowest BCUT2D eigenvalue weighted by molar-refractivity contribution is 0.212. The Kier molecular flexibility index (Phi) is 6.06. The fourth-order valence-electron chi connectivity index (χ4n) is 4.38. The second kappa shape index (κ2) is 8.73. The van der Waals surface area contributed by atoms with Gasteiger partial charge in [-0.1, -0.05) is 25.1 Å². The molecule has 0 radical (unpaired) electrons.